The third kappa shape index (κ3) is 3.30. The average Bonchev–Trinajstić information content (AvgIpc) is 2.49. The Morgan fingerprint density at radius 2 is 2.19 bits per heavy atom. The highest BCUT2D eigenvalue weighted by atomic mass is 32.1. The summed E-state index contributed by atoms with van der Waals surface area (Å²) in [7, 11) is 0. The van der Waals surface area contributed by atoms with Crippen molar-refractivity contribution in [3.05, 3.63) is 11.1 Å². The van der Waals surface area contributed by atoms with Crippen LogP contribution in [0, 0.1) is 12.3 Å². The van der Waals surface area contributed by atoms with Gasteiger partial charge in [-0.25, -0.2) is 4.98 Å². The van der Waals surface area contributed by atoms with Crippen molar-refractivity contribution in [2.24, 2.45) is 11.1 Å². The van der Waals surface area contributed by atoms with Crippen molar-refractivity contribution in [3.63, 3.8) is 0 Å². The van der Waals surface area contributed by atoms with Crippen LogP contribution in [0.5, 0.6) is 0 Å². The van der Waals surface area contributed by atoms with Gasteiger partial charge in [-0.05, 0) is 6.92 Å². The summed E-state index contributed by atoms with van der Waals surface area (Å²) >= 11 is 1.39. The first-order valence-corrected chi connectivity index (χ1v) is 5.65. The van der Waals surface area contributed by atoms with E-state index in [0.29, 0.717) is 5.13 Å². The zero-order chi connectivity index (χ0) is 12.3. The molecule has 1 aromatic heterocycles. The molecule has 16 heavy (non-hydrogen) atoms. The van der Waals surface area contributed by atoms with Crippen molar-refractivity contribution >= 4 is 28.3 Å². The molecule has 1 heterocycles. The van der Waals surface area contributed by atoms with Crippen LogP contribution in [-0.4, -0.2) is 16.8 Å². The maximum Gasteiger partial charge on any atom is 0.227 e. The quantitative estimate of drug-likeness (QED) is 0.833. The lowest BCUT2D eigenvalue weighted by Crippen LogP contribution is -2.35. The Morgan fingerprint density at radius 1 is 1.56 bits per heavy atom. The topological polar surface area (TPSA) is 85.1 Å². The number of primary amides is 1. The van der Waals surface area contributed by atoms with E-state index >= 15 is 0 Å². The van der Waals surface area contributed by atoms with Gasteiger partial charge in [0.05, 0.1) is 5.41 Å². The maximum absolute atomic E-state index is 11.6. The van der Waals surface area contributed by atoms with Gasteiger partial charge in [-0.3, -0.25) is 9.59 Å². The second-order valence-corrected chi connectivity index (χ2v) is 5.48. The lowest BCUT2D eigenvalue weighted by atomic mass is 9.88. The van der Waals surface area contributed by atoms with E-state index in [9.17, 15) is 9.59 Å². The van der Waals surface area contributed by atoms with Crippen molar-refractivity contribution in [1.29, 1.82) is 0 Å². The predicted molar refractivity (Wildman–Crippen MR) is 63.1 cm³/mol. The molecule has 0 spiro atoms. The summed E-state index contributed by atoms with van der Waals surface area (Å²) in [6.45, 7) is 5.19. The number of hydrogen-bond donors (Lipinski definition) is 2. The Balaban J connectivity index is 2.58. The fourth-order valence-electron chi connectivity index (χ4n) is 1.06. The van der Waals surface area contributed by atoms with Crippen LogP contribution in [-0.2, 0) is 9.59 Å². The smallest absolute Gasteiger partial charge is 0.227 e. The van der Waals surface area contributed by atoms with Crippen LogP contribution in [0.2, 0.25) is 0 Å². The molecule has 0 saturated heterocycles. The maximum atomic E-state index is 11.6. The number of nitrogens with zero attached hydrogens (tertiary/aromatic N) is 1. The van der Waals surface area contributed by atoms with E-state index in [2.05, 4.69) is 10.3 Å². The number of thiazole rings is 1. The molecule has 1 aromatic rings. The number of nitrogens with one attached hydrogen (secondary N) is 1. The highest BCUT2D eigenvalue weighted by Crippen LogP contribution is 2.22. The second-order valence-electron chi connectivity index (χ2n) is 4.25. The highest BCUT2D eigenvalue weighted by molar-refractivity contribution is 7.15. The average molecular weight is 241 g/mol. The largest absolute Gasteiger partial charge is 0.369 e. The van der Waals surface area contributed by atoms with E-state index in [1.807, 2.05) is 6.92 Å². The van der Waals surface area contributed by atoms with Crippen molar-refractivity contribution < 1.29 is 9.59 Å². The van der Waals surface area contributed by atoms with Crippen LogP contribution >= 0.6 is 11.3 Å². The summed E-state index contributed by atoms with van der Waals surface area (Å²) in [5.74, 6) is -0.740. The molecule has 1 rings (SSSR count). The van der Waals surface area contributed by atoms with E-state index in [1.165, 1.54) is 11.3 Å². The zero-order valence-corrected chi connectivity index (χ0v) is 10.4. The van der Waals surface area contributed by atoms with Crippen LogP contribution in [0.1, 0.15) is 25.1 Å². The first kappa shape index (κ1) is 12.6. The Hall–Kier alpha value is -1.43. The molecule has 88 valence electrons. The van der Waals surface area contributed by atoms with Crippen LogP contribution in [0.3, 0.4) is 0 Å². The number of anilines is 1. The van der Waals surface area contributed by atoms with Gasteiger partial charge >= 0.3 is 0 Å². The minimum absolute atomic E-state index is 0.0565. The Morgan fingerprint density at radius 3 is 2.62 bits per heavy atom. The Labute approximate surface area is 98.1 Å². The lowest BCUT2D eigenvalue weighted by Gasteiger charge is -2.18. The Bertz CT molecular complexity index is 412. The van der Waals surface area contributed by atoms with Gasteiger partial charge in [0, 0.05) is 17.5 Å². The number of carbonyl (C=O) groups is 2. The fourth-order valence-corrected chi connectivity index (χ4v) is 1.75. The molecule has 5 nitrogen and oxygen atoms in total. The monoisotopic (exact) mass is 241 g/mol. The number of hydrogen-bond acceptors (Lipinski definition) is 4. The van der Waals surface area contributed by atoms with E-state index < -0.39 is 11.3 Å². The van der Waals surface area contributed by atoms with Crippen LogP contribution in [0.25, 0.3) is 0 Å². The molecular weight excluding hydrogens is 226 g/mol. The molecule has 2 amide bonds. The minimum Gasteiger partial charge on any atom is -0.369 e. The SMILES string of the molecule is Cc1cnc(NC(=O)CC(C)(C)C(N)=O)s1. The summed E-state index contributed by atoms with van der Waals surface area (Å²) < 4.78 is 0. The van der Waals surface area contributed by atoms with Gasteiger partial charge in [0.1, 0.15) is 0 Å². The molecule has 0 aromatic carbocycles. The molecule has 6 heteroatoms. The van der Waals surface area contributed by atoms with Gasteiger partial charge < -0.3 is 11.1 Å². The number of nitrogens with two attached hydrogens (primary N) is 1. The van der Waals surface area contributed by atoms with E-state index in [1.54, 1.807) is 20.0 Å². The number of rotatable bonds is 4. The van der Waals surface area contributed by atoms with Crippen molar-refractivity contribution in [2.45, 2.75) is 27.2 Å². The van der Waals surface area contributed by atoms with Gasteiger partial charge in [-0.2, -0.15) is 0 Å². The van der Waals surface area contributed by atoms with Crippen LogP contribution in [0.15, 0.2) is 6.20 Å². The summed E-state index contributed by atoms with van der Waals surface area (Å²) in [5.41, 5.74) is 4.35. The summed E-state index contributed by atoms with van der Waals surface area (Å²) in [6, 6.07) is 0. The molecule has 0 saturated carbocycles. The summed E-state index contributed by atoms with van der Waals surface area (Å²) in [5, 5.41) is 3.18. The Kier molecular flexibility index (Phi) is 3.64. The second kappa shape index (κ2) is 4.61. The molecule has 0 aliphatic rings. The number of aryl methyl sites for hydroxylation is 1. The first-order chi connectivity index (χ1) is 7.31. The van der Waals surface area contributed by atoms with E-state index in [4.69, 9.17) is 5.73 Å². The van der Waals surface area contributed by atoms with Gasteiger partial charge in [-0.1, -0.05) is 13.8 Å². The number of amides is 2. The summed E-state index contributed by atoms with van der Waals surface area (Å²) in [4.78, 5) is 27.7. The molecular formula is C10H15N3O2S. The number of carbonyl (C=O) groups excluding carboxylic acids is 2. The minimum atomic E-state index is -0.837. The molecule has 3 N–H and O–H groups in total. The standard InChI is InChI=1S/C10H15N3O2S/c1-6-5-12-9(16-6)13-7(14)4-10(2,3)8(11)15/h5H,4H2,1-3H3,(H2,11,15)(H,12,13,14). The fraction of sp³-hybridized carbons (Fsp3) is 0.500. The molecule has 0 fully saturated rings. The van der Waals surface area contributed by atoms with Crippen LogP contribution < -0.4 is 11.1 Å². The lowest BCUT2D eigenvalue weighted by molar-refractivity contribution is -0.130. The van der Waals surface area contributed by atoms with Gasteiger partial charge in [0.2, 0.25) is 11.8 Å². The zero-order valence-electron chi connectivity index (χ0n) is 9.53. The van der Waals surface area contributed by atoms with Gasteiger partial charge in [0.15, 0.2) is 5.13 Å². The van der Waals surface area contributed by atoms with Crippen molar-refractivity contribution in [2.75, 3.05) is 5.32 Å². The van der Waals surface area contributed by atoms with Crippen LogP contribution in [0.4, 0.5) is 5.13 Å². The predicted octanol–water partition coefficient (Wildman–Crippen LogP) is 1.29. The third-order valence-electron chi connectivity index (χ3n) is 2.14. The molecule has 0 radical (unpaired) electrons. The van der Waals surface area contributed by atoms with Crippen molar-refractivity contribution in [1.82, 2.24) is 4.98 Å². The molecule has 0 unspecified atom stereocenters. The van der Waals surface area contributed by atoms with E-state index in [-0.39, 0.29) is 12.3 Å². The molecule has 0 bridgehead atoms. The third-order valence-corrected chi connectivity index (χ3v) is 2.97. The van der Waals surface area contributed by atoms with Gasteiger partial charge in [-0.15, -0.1) is 11.3 Å². The van der Waals surface area contributed by atoms with Crippen molar-refractivity contribution in [3.8, 4) is 0 Å². The van der Waals surface area contributed by atoms with E-state index in [0.717, 1.165) is 4.88 Å². The molecule has 0 atom stereocenters. The highest BCUT2D eigenvalue weighted by Gasteiger charge is 2.28. The number of aromatic nitrogens is 1. The summed E-state index contributed by atoms with van der Waals surface area (Å²) in [6.07, 6.45) is 1.74. The van der Waals surface area contributed by atoms with Gasteiger partial charge in [0.25, 0.3) is 0 Å². The first-order valence-electron chi connectivity index (χ1n) is 4.83. The molecule has 0 aliphatic carbocycles. The normalized spacial score (nSPS) is 11.2. The molecule has 0 aliphatic heterocycles.